The smallest absolute Gasteiger partial charge is 0.307 e. The first kappa shape index (κ1) is 12.1. The Hall–Kier alpha value is -1.36. The van der Waals surface area contributed by atoms with Gasteiger partial charge in [0.05, 0.1) is 13.0 Å². The van der Waals surface area contributed by atoms with Crippen LogP contribution in [0.3, 0.4) is 0 Å². The fraction of sp³-hybridized carbons (Fsp3) is 0.500. The second kappa shape index (κ2) is 5.82. The summed E-state index contributed by atoms with van der Waals surface area (Å²) < 4.78 is 5.05. The van der Waals surface area contributed by atoms with E-state index in [4.69, 9.17) is 4.74 Å². The summed E-state index contributed by atoms with van der Waals surface area (Å²) in [6.45, 7) is 0.871. The minimum absolute atomic E-state index is 0.138. The van der Waals surface area contributed by atoms with Crippen molar-refractivity contribution in [1.29, 1.82) is 0 Å². The number of thiophene rings is 1. The van der Waals surface area contributed by atoms with E-state index in [2.05, 4.69) is 5.32 Å². The molecule has 1 fully saturated rings. The normalized spacial score (nSPS) is 14.4. The Balaban J connectivity index is 1.58. The fourth-order valence-electron chi connectivity index (χ4n) is 1.34. The zero-order valence-electron chi connectivity index (χ0n) is 9.48. The number of ether oxygens (including phenoxy) is 1. The molecule has 0 spiro atoms. The molecular weight excluding hydrogens is 238 g/mol. The number of amides is 1. The Morgan fingerprint density at radius 2 is 2.29 bits per heavy atom. The molecule has 1 heterocycles. The first-order valence-corrected chi connectivity index (χ1v) is 6.66. The lowest BCUT2D eigenvalue weighted by molar-refractivity contribution is -0.143. The molecule has 1 N–H and O–H groups in total. The maximum atomic E-state index is 11.5. The third-order valence-electron chi connectivity index (χ3n) is 2.57. The van der Waals surface area contributed by atoms with Gasteiger partial charge in [0.25, 0.3) is 5.91 Å². The Morgan fingerprint density at radius 3 is 2.94 bits per heavy atom. The van der Waals surface area contributed by atoms with E-state index >= 15 is 0 Å². The van der Waals surface area contributed by atoms with Gasteiger partial charge >= 0.3 is 5.97 Å². The highest BCUT2D eigenvalue weighted by Gasteiger charge is 2.22. The summed E-state index contributed by atoms with van der Waals surface area (Å²) in [6, 6.07) is 1.76. The summed E-state index contributed by atoms with van der Waals surface area (Å²) in [5.41, 5.74) is 0.640. The van der Waals surface area contributed by atoms with Gasteiger partial charge in [-0.15, -0.1) is 0 Å². The quantitative estimate of drug-likeness (QED) is 0.787. The van der Waals surface area contributed by atoms with Crippen LogP contribution in [0.25, 0.3) is 0 Å². The molecule has 1 aliphatic carbocycles. The van der Waals surface area contributed by atoms with Gasteiger partial charge in [-0.05, 0) is 30.2 Å². The summed E-state index contributed by atoms with van der Waals surface area (Å²) in [5.74, 6) is 0.211. The molecule has 17 heavy (non-hydrogen) atoms. The van der Waals surface area contributed by atoms with E-state index in [1.54, 1.807) is 11.4 Å². The number of nitrogens with one attached hydrogen (secondary N) is 1. The van der Waals surface area contributed by atoms with E-state index in [-0.39, 0.29) is 18.3 Å². The lowest BCUT2D eigenvalue weighted by atomic mass is 10.3. The van der Waals surface area contributed by atoms with Gasteiger partial charge < -0.3 is 10.1 Å². The third kappa shape index (κ3) is 4.19. The second-order valence-corrected chi connectivity index (χ2v) is 4.92. The van der Waals surface area contributed by atoms with Crippen molar-refractivity contribution in [2.24, 2.45) is 5.92 Å². The van der Waals surface area contributed by atoms with Crippen molar-refractivity contribution in [2.45, 2.75) is 19.3 Å². The van der Waals surface area contributed by atoms with Crippen molar-refractivity contribution >= 4 is 23.2 Å². The molecule has 1 aromatic heterocycles. The van der Waals surface area contributed by atoms with Crippen LogP contribution in [0.15, 0.2) is 16.8 Å². The van der Waals surface area contributed by atoms with Crippen molar-refractivity contribution in [2.75, 3.05) is 13.2 Å². The van der Waals surface area contributed by atoms with Crippen LogP contribution in [0.2, 0.25) is 0 Å². The molecule has 1 saturated carbocycles. The van der Waals surface area contributed by atoms with Crippen molar-refractivity contribution in [3.63, 3.8) is 0 Å². The molecule has 0 aromatic carbocycles. The van der Waals surface area contributed by atoms with Gasteiger partial charge in [-0.25, -0.2) is 0 Å². The van der Waals surface area contributed by atoms with Crippen molar-refractivity contribution in [1.82, 2.24) is 5.32 Å². The van der Waals surface area contributed by atoms with E-state index in [0.717, 1.165) is 0 Å². The zero-order chi connectivity index (χ0) is 12.1. The molecule has 0 saturated heterocycles. The van der Waals surface area contributed by atoms with Crippen LogP contribution in [0.4, 0.5) is 0 Å². The summed E-state index contributed by atoms with van der Waals surface area (Å²) in [7, 11) is 0. The molecule has 0 unspecified atom stereocenters. The predicted molar refractivity (Wildman–Crippen MR) is 65.0 cm³/mol. The molecule has 0 bridgehead atoms. The highest BCUT2D eigenvalue weighted by molar-refractivity contribution is 7.08. The number of carbonyl (C=O) groups is 2. The minimum Gasteiger partial charge on any atom is -0.465 e. The Labute approximate surface area is 104 Å². The van der Waals surface area contributed by atoms with Gasteiger partial charge in [0, 0.05) is 17.5 Å². The largest absolute Gasteiger partial charge is 0.465 e. The van der Waals surface area contributed by atoms with Crippen LogP contribution >= 0.6 is 11.3 Å². The second-order valence-electron chi connectivity index (χ2n) is 4.14. The summed E-state index contributed by atoms with van der Waals surface area (Å²) in [5, 5.41) is 6.31. The van der Waals surface area contributed by atoms with Crippen LogP contribution in [0.5, 0.6) is 0 Å². The molecule has 1 aromatic rings. The van der Waals surface area contributed by atoms with E-state index in [1.165, 1.54) is 24.2 Å². The van der Waals surface area contributed by atoms with Crippen molar-refractivity contribution < 1.29 is 14.3 Å². The van der Waals surface area contributed by atoms with Crippen LogP contribution in [0.1, 0.15) is 29.6 Å². The topological polar surface area (TPSA) is 55.4 Å². The van der Waals surface area contributed by atoms with E-state index in [1.807, 2.05) is 5.38 Å². The van der Waals surface area contributed by atoms with Crippen LogP contribution in [-0.4, -0.2) is 25.0 Å². The molecular formula is C12H15NO3S. The van der Waals surface area contributed by atoms with E-state index < -0.39 is 0 Å². The molecule has 0 aliphatic heterocycles. The molecule has 5 heteroatoms. The van der Waals surface area contributed by atoms with Gasteiger partial charge in [0.15, 0.2) is 0 Å². The lowest BCUT2D eigenvalue weighted by Crippen LogP contribution is -2.26. The van der Waals surface area contributed by atoms with Crippen LogP contribution < -0.4 is 5.32 Å². The van der Waals surface area contributed by atoms with Gasteiger partial charge in [-0.3, -0.25) is 9.59 Å². The highest BCUT2D eigenvalue weighted by Crippen LogP contribution is 2.28. The fourth-order valence-corrected chi connectivity index (χ4v) is 1.98. The van der Waals surface area contributed by atoms with Crippen LogP contribution in [0, 0.1) is 5.92 Å². The highest BCUT2D eigenvalue weighted by atomic mass is 32.1. The number of hydrogen-bond acceptors (Lipinski definition) is 4. The number of hydrogen-bond donors (Lipinski definition) is 1. The number of carbonyl (C=O) groups excluding carboxylic acids is 2. The SMILES string of the molecule is O=C(CCNC(=O)c1ccsc1)OCC1CC1. The maximum absolute atomic E-state index is 11.5. The van der Waals surface area contributed by atoms with Gasteiger partial charge in [-0.2, -0.15) is 11.3 Å². The first-order valence-electron chi connectivity index (χ1n) is 5.71. The van der Waals surface area contributed by atoms with Crippen LogP contribution in [-0.2, 0) is 9.53 Å². The molecule has 0 atom stereocenters. The minimum atomic E-state index is -0.234. The molecule has 4 nitrogen and oxygen atoms in total. The molecule has 1 aliphatic rings. The Morgan fingerprint density at radius 1 is 1.47 bits per heavy atom. The molecule has 92 valence electrons. The van der Waals surface area contributed by atoms with Gasteiger partial charge in [0.1, 0.15) is 0 Å². The number of esters is 1. The van der Waals surface area contributed by atoms with Crippen molar-refractivity contribution in [3.05, 3.63) is 22.4 Å². The average molecular weight is 253 g/mol. The summed E-state index contributed by atoms with van der Waals surface area (Å²) >= 11 is 1.47. The average Bonchev–Trinajstić information content (AvgIpc) is 2.98. The predicted octanol–water partition coefficient (Wildman–Crippen LogP) is 1.82. The molecule has 2 rings (SSSR count). The Kier molecular flexibility index (Phi) is 4.14. The first-order chi connectivity index (χ1) is 8.25. The van der Waals surface area contributed by atoms with Crippen molar-refractivity contribution in [3.8, 4) is 0 Å². The standard InChI is InChI=1S/C12H15NO3S/c14-11(16-7-9-1-2-9)3-5-13-12(15)10-4-6-17-8-10/h4,6,8-9H,1-3,5,7H2,(H,13,15). The molecule has 0 radical (unpaired) electrons. The zero-order valence-corrected chi connectivity index (χ0v) is 10.3. The number of rotatable bonds is 6. The lowest BCUT2D eigenvalue weighted by Gasteiger charge is -2.04. The summed E-state index contributed by atoms with van der Waals surface area (Å²) in [4.78, 5) is 22.8. The van der Waals surface area contributed by atoms with E-state index in [0.29, 0.717) is 24.6 Å². The monoisotopic (exact) mass is 253 g/mol. The summed E-state index contributed by atoms with van der Waals surface area (Å²) in [6.07, 6.45) is 2.58. The third-order valence-corrected chi connectivity index (χ3v) is 3.26. The van der Waals surface area contributed by atoms with Gasteiger partial charge in [0.2, 0.25) is 0 Å². The Bertz CT molecular complexity index is 384. The maximum Gasteiger partial charge on any atom is 0.307 e. The van der Waals surface area contributed by atoms with E-state index in [9.17, 15) is 9.59 Å². The molecule has 1 amide bonds. The van der Waals surface area contributed by atoms with Gasteiger partial charge in [-0.1, -0.05) is 0 Å².